The van der Waals surface area contributed by atoms with E-state index in [2.05, 4.69) is 0 Å². The molecule has 0 saturated carbocycles. The minimum atomic E-state index is -0.721. The van der Waals surface area contributed by atoms with Crippen LogP contribution < -0.4 is 0 Å². The second kappa shape index (κ2) is 7.35. The van der Waals surface area contributed by atoms with Crippen LogP contribution in [0.2, 0.25) is 0 Å². The number of carbonyl (C=O) groups is 2. The van der Waals surface area contributed by atoms with Crippen molar-refractivity contribution in [3.05, 3.63) is 75.8 Å². The van der Waals surface area contributed by atoms with Gasteiger partial charge < -0.3 is 0 Å². The van der Waals surface area contributed by atoms with Gasteiger partial charge in [0, 0.05) is 30.3 Å². The maximum atomic E-state index is 13.1. The molecule has 7 heteroatoms. The molecule has 0 unspecified atom stereocenters. The highest BCUT2D eigenvalue weighted by Crippen LogP contribution is 2.23. The van der Waals surface area contributed by atoms with Crippen LogP contribution in [-0.2, 0) is 0 Å². The number of carbonyl (C=O) groups excluding carboxylic acids is 2. The van der Waals surface area contributed by atoms with Gasteiger partial charge in [-0.1, -0.05) is 24.3 Å². The maximum absolute atomic E-state index is 13.1. The minimum absolute atomic E-state index is 0.141. The van der Waals surface area contributed by atoms with Gasteiger partial charge in [-0.2, -0.15) is 0 Å². The first-order chi connectivity index (χ1) is 12.1. The van der Waals surface area contributed by atoms with Gasteiger partial charge in [-0.15, -0.1) is 0 Å². The van der Waals surface area contributed by atoms with Gasteiger partial charge >= 0.3 is 0 Å². The SMILES string of the molecule is CN(C(=O)c1ccccc1)N(C(=O)c1cccc([N+](=O)[O-])c1)C(C)(C)C. The van der Waals surface area contributed by atoms with Crippen LogP contribution in [0.3, 0.4) is 0 Å². The number of nitrogens with zero attached hydrogens (tertiary/aromatic N) is 3. The molecule has 2 amide bonds. The number of benzene rings is 2. The average molecular weight is 355 g/mol. The Morgan fingerprint density at radius 2 is 1.50 bits per heavy atom. The van der Waals surface area contributed by atoms with Crippen LogP contribution in [0.25, 0.3) is 0 Å². The molecule has 2 aromatic carbocycles. The first-order valence-corrected chi connectivity index (χ1v) is 8.05. The summed E-state index contributed by atoms with van der Waals surface area (Å²) < 4.78 is 0. The summed E-state index contributed by atoms with van der Waals surface area (Å²) in [6.45, 7) is 5.37. The van der Waals surface area contributed by atoms with Gasteiger partial charge in [-0.05, 0) is 39.0 Å². The number of amides is 2. The molecule has 0 aliphatic heterocycles. The topological polar surface area (TPSA) is 83.8 Å². The fraction of sp³-hybridized carbons (Fsp3) is 0.263. The van der Waals surface area contributed by atoms with Crippen molar-refractivity contribution in [2.24, 2.45) is 0 Å². The summed E-state index contributed by atoms with van der Waals surface area (Å²) in [7, 11) is 1.51. The number of hydrogen-bond acceptors (Lipinski definition) is 4. The van der Waals surface area contributed by atoms with E-state index < -0.39 is 16.4 Å². The predicted molar refractivity (Wildman–Crippen MR) is 97.6 cm³/mol. The van der Waals surface area contributed by atoms with Gasteiger partial charge in [0.2, 0.25) is 0 Å². The number of non-ortho nitro benzene ring substituents is 1. The van der Waals surface area contributed by atoms with Crippen LogP contribution in [0, 0.1) is 10.1 Å². The Labute approximate surface area is 152 Å². The lowest BCUT2D eigenvalue weighted by atomic mass is 10.1. The van der Waals surface area contributed by atoms with Crippen molar-refractivity contribution in [2.75, 3.05) is 7.05 Å². The predicted octanol–water partition coefficient (Wildman–Crippen LogP) is 3.52. The van der Waals surface area contributed by atoms with Gasteiger partial charge in [0.25, 0.3) is 17.5 Å². The van der Waals surface area contributed by atoms with Crippen molar-refractivity contribution < 1.29 is 14.5 Å². The van der Waals surface area contributed by atoms with E-state index in [0.717, 1.165) is 0 Å². The van der Waals surface area contributed by atoms with Crippen LogP contribution in [0.1, 0.15) is 41.5 Å². The molecule has 26 heavy (non-hydrogen) atoms. The number of hydrogen-bond donors (Lipinski definition) is 0. The molecule has 0 N–H and O–H groups in total. The van der Waals surface area contributed by atoms with Crippen molar-refractivity contribution in [3.8, 4) is 0 Å². The Hall–Kier alpha value is -3.22. The van der Waals surface area contributed by atoms with Gasteiger partial charge in [-0.25, -0.2) is 10.0 Å². The molecular formula is C19H21N3O4. The highest BCUT2D eigenvalue weighted by atomic mass is 16.6. The van der Waals surface area contributed by atoms with E-state index in [4.69, 9.17) is 0 Å². The van der Waals surface area contributed by atoms with E-state index in [1.807, 2.05) is 0 Å². The smallest absolute Gasteiger partial charge is 0.267 e. The minimum Gasteiger partial charge on any atom is -0.267 e. The van der Waals surface area contributed by atoms with Crippen LogP contribution in [0.4, 0.5) is 5.69 Å². The summed E-state index contributed by atoms with van der Waals surface area (Å²) in [6, 6.07) is 14.1. The van der Waals surface area contributed by atoms with Crippen molar-refractivity contribution in [2.45, 2.75) is 26.3 Å². The molecular weight excluding hydrogens is 334 g/mol. The number of hydrazine groups is 1. The lowest BCUT2D eigenvalue weighted by molar-refractivity contribution is -0.384. The monoisotopic (exact) mass is 355 g/mol. The summed E-state index contributed by atoms with van der Waals surface area (Å²) in [4.78, 5) is 36.2. The molecule has 0 saturated heterocycles. The van der Waals surface area contributed by atoms with Crippen molar-refractivity contribution in [1.29, 1.82) is 0 Å². The molecule has 0 spiro atoms. The van der Waals surface area contributed by atoms with Crippen LogP contribution in [0.15, 0.2) is 54.6 Å². The molecule has 0 radical (unpaired) electrons. The summed E-state index contributed by atoms with van der Waals surface area (Å²) in [5.41, 5.74) is -0.319. The van der Waals surface area contributed by atoms with E-state index in [9.17, 15) is 19.7 Å². The Kier molecular flexibility index (Phi) is 5.40. The summed E-state index contributed by atoms with van der Waals surface area (Å²) in [6.07, 6.45) is 0. The highest BCUT2D eigenvalue weighted by molar-refractivity contribution is 5.99. The first kappa shape index (κ1) is 19.1. The average Bonchev–Trinajstić information content (AvgIpc) is 2.60. The number of nitro groups is 1. The van der Waals surface area contributed by atoms with E-state index in [0.29, 0.717) is 5.56 Å². The lowest BCUT2D eigenvalue weighted by Gasteiger charge is -2.41. The van der Waals surface area contributed by atoms with E-state index in [1.165, 1.54) is 41.3 Å². The Morgan fingerprint density at radius 1 is 0.923 bits per heavy atom. The van der Waals surface area contributed by atoms with Crippen LogP contribution in [-0.4, -0.2) is 39.3 Å². The maximum Gasteiger partial charge on any atom is 0.273 e. The third-order valence-corrected chi connectivity index (χ3v) is 3.75. The van der Waals surface area contributed by atoms with Gasteiger partial charge in [-0.3, -0.25) is 19.7 Å². The fourth-order valence-corrected chi connectivity index (χ4v) is 2.62. The zero-order valence-electron chi connectivity index (χ0n) is 15.2. The molecule has 7 nitrogen and oxygen atoms in total. The van der Waals surface area contributed by atoms with E-state index in [-0.39, 0.29) is 17.2 Å². The summed E-state index contributed by atoms with van der Waals surface area (Å²) in [5.74, 6) is -0.840. The molecule has 0 fully saturated rings. The summed E-state index contributed by atoms with van der Waals surface area (Å²) in [5, 5.41) is 13.5. The van der Waals surface area contributed by atoms with E-state index in [1.54, 1.807) is 51.1 Å². The van der Waals surface area contributed by atoms with Crippen molar-refractivity contribution in [1.82, 2.24) is 10.0 Å². The molecule has 2 rings (SSSR count). The Bertz CT molecular complexity index is 828. The third-order valence-electron chi connectivity index (χ3n) is 3.75. The van der Waals surface area contributed by atoms with Gasteiger partial charge in [0.15, 0.2) is 0 Å². The second-order valence-electron chi connectivity index (χ2n) is 6.79. The molecule has 136 valence electrons. The highest BCUT2D eigenvalue weighted by Gasteiger charge is 2.34. The van der Waals surface area contributed by atoms with E-state index >= 15 is 0 Å². The first-order valence-electron chi connectivity index (χ1n) is 8.05. The Balaban J connectivity index is 2.41. The van der Waals surface area contributed by atoms with Crippen LogP contribution in [0.5, 0.6) is 0 Å². The third kappa shape index (κ3) is 4.05. The van der Waals surface area contributed by atoms with Gasteiger partial charge in [0.05, 0.1) is 10.5 Å². The standard InChI is InChI=1S/C19H21N3O4/c1-19(2,3)21(20(4)17(23)14-9-6-5-7-10-14)18(24)15-11-8-12-16(13-15)22(25)26/h5-13H,1-4H3. The largest absolute Gasteiger partial charge is 0.273 e. The molecule has 0 aliphatic carbocycles. The Morgan fingerprint density at radius 3 is 2.04 bits per heavy atom. The zero-order chi connectivity index (χ0) is 19.5. The molecule has 0 heterocycles. The zero-order valence-corrected chi connectivity index (χ0v) is 15.2. The lowest BCUT2D eigenvalue weighted by Crippen LogP contribution is -2.56. The quantitative estimate of drug-likeness (QED) is 0.623. The van der Waals surface area contributed by atoms with Crippen LogP contribution >= 0.6 is 0 Å². The number of nitro benzene ring substituents is 1. The normalized spacial score (nSPS) is 10.9. The van der Waals surface area contributed by atoms with Gasteiger partial charge in [0.1, 0.15) is 0 Å². The van der Waals surface area contributed by atoms with Crippen molar-refractivity contribution in [3.63, 3.8) is 0 Å². The summed E-state index contributed by atoms with van der Waals surface area (Å²) >= 11 is 0. The molecule has 0 aromatic heterocycles. The molecule has 0 bridgehead atoms. The number of rotatable bonds is 3. The second-order valence-corrected chi connectivity index (χ2v) is 6.79. The molecule has 0 aliphatic rings. The molecule has 0 atom stereocenters. The van der Waals surface area contributed by atoms with Crippen molar-refractivity contribution >= 4 is 17.5 Å². The molecule has 2 aromatic rings. The fourth-order valence-electron chi connectivity index (χ4n) is 2.62.